The van der Waals surface area contributed by atoms with Crippen molar-refractivity contribution in [3.05, 3.63) is 18.3 Å². The van der Waals surface area contributed by atoms with E-state index in [9.17, 15) is 9.59 Å². The maximum absolute atomic E-state index is 12.4. The van der Waals surface area contributed by atoms with Crippen molar-refractivity contribution in [2.75, 3.05) is 12.4 Å². The number of anilines is 1. The van der Waals surface area contributed by atoms with Crippen LogP contribution < -0.4 is 15.4 Å². The Bertz CT molecular complexity index is 538. The minimum absolute atomic E-state index is 0.304. The van der Waals surface area contributed by atoms with Crippen molar-refractivity contribution < 1.29 is 19.1 Å². The SMILES string of the molecule is CCCCC(NC(=O)OC(C)(C)C)C(=O)Nc1ccc(OC)nc1. The van der Waals surface area contributed by atoms with E-state index in [0.717, 1.165) is 12.8 Å². The Kier molecular flexibility index (Phi) is 7.48. The second kappa shape index (κ2) is 9.10. The largest absolute Gasteiger partial charge is 0.481 e. The number of aromatic nitrogens is 1. The van der Waals surface area contributed by atoms with E-state index in [4.69, 9.17) is 9.47 Å². The normalized spacial score (nSPS) is 12.2. The highest BCUT2D eigenvalue weighted by molar-refractivity contribution is 5.96. The lowest BCUT2D eigenvalue weighted by atomic mass is 10.1. The van der Waals surface area contributed by atoms with Gasteiger partial charge in [-0.25, -0.2) is 9.78 Å². The maximum Gasteiger partial charge on any atom is 0.408 e. The van der Waals surface area contributed by atoms with Crippen LogP contribution in [0.25, 0.3) is 0 Å². The zero-order valence-corrected chi connectivity index (χ0v) is 15.0. The fourth-order valence-electron chi connectivity index (χ4n) is 1.93. The molecule has 7 nitrogen and oxygen atoms in total. The summed E-state index contributed by atoms with van der Waals surface area (Å²) < 4.78 is 10.2. The van der Waals surface area contributed by atoms with E-state index >= 15 is 0 Å². The number of amides is 2. The molecule has 0 saturated carbocycles. The van der Waals surface area contributed by atoms with E-state index in [2.05, 4.69) is 15.6 Å². The highest BCUT2D eigenvalue weighted by atomic mass is 16.6. The third kappa shape index (κ3) is 7.30. The number of carbonyl (C=O) groups is 2. The topological polar surface area (TPSA) is 89.5 Å². The Morgan fingerprint density at radius 2 is 2.00 bits per heavy atom. The number of nitrogens with zero attached hydrogens (tertiary/aromatic N) is 1. The molecule has 1 aromatic rings. The predicted molar refractivity (Wildman–Crippen MR) is 92.1 cm³/mol. The van der Waals surface area contributed by atoms with Gasteiger partial charge in [0, 0.05) is 6.07 Å². The molecule has 1 heterocycles. The molecular formula is C17H27N3O4. The summed E-state index contributed by atoms with van der Waals surface area (Å²) in [5.41, 5.74) is -0.0799. The van der Waals surface area contributed by atoms with Crippen LogP contribution in [0.3, 0.4) is 0 Å². The maximum atomic E-state index is 12.4. The van der Waals surface area contributed by atoms with Gasteiger partial charge in [0.05, 0.1) is 19.0 Å². The molecule has 0 saturated heterocycles. The summed E-state index contributed by atoms with van der Waals surface area (Å²) >= 11 is 0. The molecule has 0 radical (unpaired) electrons. The van der Waals surface area contributed by atoms with Crippen molar-refractivity contribution in [2.45, 2.75) is 58.6 Å². The molecule has 2 N–H and O–H groups in total. The molecule has 1 aromatic heterocycles. The summed E-state index contributed by atoms with van der Waals surface area (Å²) in [5.74, 6) is 0.156. The van der Waals surface area contributed by atoms with Crippen LogP contribution in [0, 0.1) is 0 Å². The molecule has 0 aromatic carbocycles. The van der Waals surface area contributed by atoms with E-state index in [-0.39, 0.29) is 5.91 Å². The first-order valence-corrected chi connectivity index (χ1v) is 8.05. The van der Waals surface area contributed by atoms with Crippen LogP contribution in [-0.2, 0) is 9.53 Å². The van der Waals surface area contributed by atoms with Gasteiger partial charge in [0.2, 0.25) is 11.8 Å². The Morgan fingerprint density at radius 1 is 1.29 bits per heavy atom. The average molecular weight is 337 g/mol. The van der Waals surface area contributed by atoms with Crippen LogP contribution in [0.5, 0.6) is 5.88 Å². The summed E-state index contributed by atoms with van der Waals surface area (Å²) in [6, 6.07) is 2.67. The van der Waals surface area contributed by atoms with Gasteiger partial charge in [0.15, 0.2) is 0 Å². The lowest BCUT2D eigenvalue weighted by Gasteiger charge is -2.23. The molecule has 0 aliphatic carbocycles. The molecule has 1 atom stereocenters. The number of hydrogen-bond donors (Lipinski definition) is 2. The molecule has 0 fully saturated rings. The molecule has 0 bridgehead atoms. The van der Waals surface area contributed by atoms with Crippen molar-refractivity contribution in [1.82, 2.24) is 10.3 Å². The first kappa shape index (κ1) is 19.7. The smallest absolute Gasteiger partial charge is 0.408 e. The Balaban J connectivity index is 2.70. The fourth-order valence-corrected chi connectivity index (χ4v) is 1.93. The van der Waals surface area contributed by atoms with E-state index in [1.807, 2.05) is 6.92 Å². The monoisotopic (exact) mass is 337 g/mol. The minimum Gasteiger partial charge on any atom is -0.481 e. The van der Waals surface area contributed by atoms with Crippen LogP contribution in [0.4, 0.5) is 10.5 Å². The molecule has 7 heteroatoms. The van der Waals surface area contributed by atoms with Crippen LogP contribution in [-0.4, -0.2) is 35.7 Å². The minimum atomic E-state index is -0.665. The zero-order valence-electron chi connectivity index (χ0n) is 15.0. The van der Waals surface area contributed by atoms with Crippen LogP contribution >= 0.6 is 0 Å². The number of ether oxygens (including phenoxy) is 2. The summed E-state index contributed by atoms with van der Waals surface area (Å²) in [6.45, 7) is 7.35. The summed E-state index contributed by atoms with van der Waals surface area (Å²) in [7, 11) is 1.52. The number of pyridine rings is 1. The molecule has 1 rings (SSSR count). The number of carbonyl (C=O) groups excluding carboxylic acids is 2. The van der Waals surface area contributed by atoms with Gasteiger partial charge in [-0.2, -0.15) is 0 Å². The molecule has 2 amide bonds. The van der Waals surface area contributed by atoms with Gasteiger partial charge in [-0.15, -0.1) is 0 Å². The van der Waals surface area contributed by atoms with Crippen LogP contribution in [0.1, 0.15) is 47.0 Å². The molecule has 0 aliphatic heterocycles. The number of hydrogen-bond acceptors (Lipinski definition) is 5. The number of alkyl carbamates (subject to hydrolysis) is 1. The van der Waals surface area contributed by atoms with Crippen molar-refractivity contribution in [1.29, 1.82) is 0 Å². The third-order valence-electron chi connectivity index (χ3n) is 3.07. The third-order valence-corrected chi connectivity index (χ3v) is 3.07. The van der Waals surface area contributed by atoms with Crippen molar-refractivity contribution in [3.63, 3.8) is 0 Å². The summed E-state index contributed by atoms with van der Waals surface area (Å²) in [5, 5.41) is 5.38. The van der Waals surface area contributed by atoms with Crippen molar-refractivity contribution in [2.24, 2.45) is 0 Å². The molecular weight excluding hydrogens is 310 g/mol. The quantitative estimate of drug-likeness (QED) is 0.798. The zero-order chi connectivity index (χ0) is 18.2. The van der Waals surface area contributed by atoms with Crippen molar-refractivity contribution in [3.8, 4) is 5.88 Å². The first-order valence-electron chi connectivity index (χ1n) is 8.05. The molecule has 1 unspecified atom stereocenters. The first-order chi connectivity index (χ1) is 11.2. The lowest BCUT2D eigenvalue weighted by molar-refractivity contribution is -0.118. The molecule has 134 valence electrons. The van der Waals surface area contributed by atoms with Gasteiger partial charge in [-0.05, 0) is 33.3 Å². The Hall–Kier alpha value is -2.31. The Labute approximate surface area is 143 Å². The fraction of sp³-hybridized carbons (Fsp3) is 0.588. The molecule has 24 heavy (non-hydrogen) atoms. The highest BCUT2D eigenvalue weighted by Crippen LogP contribution is 2.13. The van der Waals surface area contributed by atoms with E-state index in [0.29, 0.717) is 18.0 Å². The number of nitrogens with one attached hydrogen (secondary N) is 2. The number of methoxy groups -OCH3 is 1. The summed E-state index contributed by atoms with van der Waals surface area (Å²) in [4.78, 5) is 28.4. The second-order valence-corrected chi connectivity index (χ2v) is 6.42. The predicted octanol–water partition coefficient (Wildman–Crippen LogP) is 3.11. The van der Waals surface area contributed by atoms with Crippen LogP contribution in [0.2, 0.25) is 0 Å². The van der Waals surface area contributed by atoms with Crippen molar-refractivity contribution >= 4 is 17.7 Å². The van der Waals surface area contributed by atoms with E-state index < -0.39 is 17.7 Å². The van der Waals surface area contributed by atoms with E-state index in [1.165, 1.54) is 13.3 Å². The van der Waals surface area contributed by atoms with Gasteiger partial charge < -0.3 is 20.1 Å². The van der Waals surface area contributed by atoms with Gasteiger partial charge in [-0.3, -0.25) is 4.79 Å². The average Bonchev–Trinajstić information content (AvgIpc) is 2.50. The van der Waals surface area contributed by atoms with Gasteiger partial charge in [0.1, 0.15) is 11.6 Å². The number of rotatable bonds is 7. The molecule has 0 aliphatic rings. The second-order valence-electron chi connectivity index (χ2n) is 6.42. The Morgan fingerprint density at radius 3 is 2.50 bits per heavy atom. The van der Waals surface area contributed by atoms with Gasteiger partial charge in [0.25, 0.3) is 0 Å². The van der Waals surface area contributed by atoms with Gasteiger partial charge >= 0.3 is 6.09 Å². The van der Waals surface area contributed by atoms with Gasteiger partial charge in [-0.1, -0.05) is 19.8 Å². The molecule has 0 spiro atoms. The van der Waals surface area contributed by atoms with E-state index in [1.54, 1.807) is 32.9 Å². The summed E-state index contributed by atoms with van der Waals surface area (Å²) in [6.07, 6.45) is 3.16. The van der Waals surface area contributed by atoms with Crippen LogP contribution in [0.15, 0.2) is 18.3 Å². The highest BCUT2D eigenvalue weighted by Gasteiger charge is 2.24. The standard InChI is InChI=1S/C17H27N3O4/c1-6-7-8-13(20-16(22)24-17(2,3)4)15(21)19-12-9-10-14(23-5)18-11-12/h9-11,13H,6-8H2,1-5H3,(H,19,21)(H,20,22). The lowest BCUT2D eigenvalue weighted by Crippen LogP contribution is -2.45. The number of unbranched alkanes of at least 4 members (excludes halogenated alkanes) is 1.